The smallest absolute Gasteiger partial charge is 0.224 e. The first kappa shape index (κ1) is 16.9. The lowest BCUT2D eigenvalue weighted by atomic mass is 10.3. The van der Waals surface area contributed by atoms with Gasteiger partial charge in [0.1, 0.15) is 5.82 Å². The molecule has 0 radical (unpaired) electrons. The lowest BCUT2D eigenvalue weighted by Gasteiger charge is -2.18. The molecule has 1 amide bonds. The maximum absolute atomic E-state index is 12.0. The molecular weight excluding hydrogens is 292 g/mol. The van der Waals surface area contributed by atoms with Gasteiger partial charge in [-0.3, -0.25) is 9.78 Å². The third-order valence-electron chi connectivity index (χ3n) is 3.61. The highest BCUT2D eigenvalue weighted by Gasteiger charge is 2.10. The summed E-state index contributed by atoms with van der Waals surface area (Å²) in [6.45, 7) is 9.90. The Hall–Kier alpha value is -2.44. The van der Waals surface area contributed by atoms with E-state index in [2.05, 4.69) is 20.4 Å². The first-order chi connectivity index (χ1) is 11.0. The maximum atomic E-state index is 12.0. The Morgan fingerprint density at radius 3 is 2.61 bits per heavy atom. The van der Waals surface area contributed by atoms with Crippen molar-refractivity contribution in [1.82, 2.24) is 24.6 Å². The summed E-state index contributed by atoms with van der Waals surface area (Å²) < 4.78 is 1.76. The second-order valence-electron chi connectivity index (χ2n) is 5.34. The van der Waals surface area contributed by atoms with Gasteiger partial charge in [0.25, 0.3) is 0 Å². The molecule has 0 bridgehead atoms. The van der Waals surface area contributed by atoms with E-state index in [1.807, 2.05) is 38.7 Å². The lowest BCUT2D eigenvalue weighted by molar-refractivity contribution is -0.130. The molecule has 124 valence electrons. The average Bonchev–Trinajstić information content (AvgIpc) is 2.87. The first-order valence-corrected chi connectivity index (χ1v) is 7.92. The first-order valence-electron chi connectivity index (χ1n) is 7.92. The molecule has 2 aromatic rings. The van der Waals surface area contributed by atoms with Crippen molar-refractivity contribution in [1.29, 1.82) is 0 Å². The zero-order valence-corrected chi connectivity index (χ0v) is 14.2. The maximum Gasteiger partial charge on any atom is 0.224 e. The van der Waals surface area contributed by atoms with Gasteiger partial charge in [-0.25, -0.2) is 9.67 Å². The lowest BCUT2D eigenvalue weighted by Crippen LogP contribution is -2.31. The normalized spacial score (nSPS) is 10.6. The van der Waals surface area contributed by atoms with Gasteiger partial charge in [-0.05, 0) is 33.8 Å². The van der Waals surface area contributed by atoms with Crippen molar-refractivity contribution in [2.24, 2.45) is 0 Å². The highest BCUT2D eigenvalue weighted by molar-refractivity contribution is 5.76. The minimum Gasteiger partial charge on any atom is -0.368 e. The van der Waals surface area contributed by atoms with E-state index in [-0.39, 0.29) is 5.91 Å². The number of nitrogens with zero attached hydrogens (tertiary/aromatic N) is 5. The third kappa shape index (κ3) is 4.28. The summed E-state index contributed by atoms with van der Waals surface area (Å²) in [6.07, 6.45) is 3.76. The van der Waals surface area contributed by atoms with E-state index < -0.39 is 0 Å². The fraction of sp³-hybridized carbons (Fsp3) is 0.500. The zero-order valence-electron chi connectivity index (χ0n) is 14.2. The van der Waals surface area contributed by atoms with Gasteiger partial charge in [0.05, 0.1) is 18.1 Å². The molecule has 7 heteroatoms. The van der Waals surface area contributed by atoms with Crippen molar-refractivity contribution in [2.75, 3.05) is 25.0 Å². The Labute approximate surface area is 136 Å². The van der Waals surface area contributed by atoms with E-state index in [9.17, 15) is 4.79 Å². The summed E-state index contributed by atoms with van der Waals surface area (Å²) in [5.41, 5.74) is 1.94. The molecule has 0 unspecified atom stereocenters. The molecule has 0 saturated carbocycles. The van der Waals surface area contributed by atoms with E-state index in [1.165, 1.54) is 0 Å². The largest absolute Gasteiger partial charge is 0.368 e. The van der Waals surface area contributed by atoms with Crippen LogP contribution in [0.4, 0.5) is 5.82 Å². The van der Waals surface area contributed by atoms with Gasteiger partial charge in [-0.15, -0.1) is 0 Å². The Bertz CT molecular complexity index is 662. The number of amides is 1. The van der Waals surface area contributed by atoms with Crippen LogP contribution in [0.3, 0.4) is 0 Å². The summed E-state index contributed by atoms with van der Waals surface area (Å²) >= 11 is 0. The molecule has 23 heavy (non-hydrogen) atoms. The molecule has 0 fully saturated rings. The van der Waals surface area contributed by atoms with Crippen LogP contribution in [-0.2, 0) is 4.79 Å². The van der Waals surface area contributed by atoms with Gasteiger partial charge in [-0.1, -0.05) is 0 Å². The average molecular weight is 316 g/mol. The quantitative estimate of drug-likeness (QED) is 0.845. The molecular formula is C16H24N6O. The van der Waals surface area contributed by atoms with Crippen molar-refractivity contribution >= 4 is 11.7 Å². The van der Waals surface area contributed by atoms with Gasteiger partial charge >= 0.3 is 0 Å². The van der Waals surface area contributed by atoms with Crippen LogP contribution in [0.5, 0.6) is 0 Å². The molecule has 0 aromatic carbocycles. The number of carbonyl (C=O) groups excluding carboxylic acids is 1. The number of carbonyl (C=O) groups is 1. The van der Waals surface area contributed by atoms with Gasteiger partial charge in [0, 0.05) is 31.7 Å². The predicted octanol–water partition coefficient (Wildman–Crippen LogP) is 1.95. The molecule has 7 nitrogen and oxygen atoms in total. The molecule has 0 aliphatic heterocycles. The van der Waals surface area contributed by atoms with E-state index in [0.717, 1.165) is 24.5 Å². The highest BCUT2D eigenvalue weighted by atomic mass is 16.2. The van der Waals surface area contributed by atoms with Crippen molar-refractivity contribution < 1.29 is 4.79 Å². The van der Waals surface area contributed by atoms with Crippen LogP contribution in [0.1, 0.15) is 31.7 Å². The molecule has 0 saturated heterocycles. The highest BCUT2D eigenvalue weighted by Crippen LogP contribution is 2.11. The second-order valence-corrected chi connectivity index (χ2v) is 5.34. The number of aromatic nitrogens is 4. The second kappa shape index (κ2) is 7.71. The minimum atomic E-state index is 0.144. The number of rotatable bonds is 7. The molecule has 2 rings (SSSR count). The molecule has 0 aliphatic rings. The van der Waals surface area contributed by atoms with Crippen LogP contribution in [0.15, 0.2) is 18.5 Å². The molecule has 2 heterocycles. The standard InChI is InChI=1S/C16H24N6O/c1-5-21(6-2)16(23)7-8-18-14-10-17-11-15(19-14)22-13(4)9-12(3)20-22/h9-11H,5-8H2,1-4H3,(H,18,19). The van der Waals surface area contributed by atoms with E-state index >= 15 is 0 Å². The SMILES string of the molecule is CCN(CC)C(=O)CCNc1cncc(-n2nc(C)cc2C)n1. The van der Waals surface area contributed by atoms with E-state index in [4.69, 9.17) is 0 Å². The summed E-state index contributed by atoms with van der Waals surface area (Å²) in [4.78, 5) is 22.5. The van der Waals surface area contributed by atoms with Crippen molar-refractivity contribution in [3.63, 3.8) is 0 Å². The monoisotopic (exact) mass is 316 g/mol. The zero-order chi connectivity index (χ0) is 16.8. The number of aryl methyl sites for hydroxylation is 2. The molecule has 0 aliphatic carbocycles. The Balaban J connectivity index is 1.98. The fourth-order valence-electron chi connectivity index (χ4n) is 2.44. The predicted molar refractivity (Wildman–Crippen MR) is 89.7 cm³/mol. The Kier molecular flexibility index (Phi) is 5.67. The molecule has 1 N–H and O–H groups in total. The minimum absolute atomic E-state index is 0.144. The van der Waals surface area contributed by atoms with Gasteiger partial charge < -0.3 is 10.2 Å². The summed E-state index contributed by atoms with van der Waals surface area (Å²) in [7, 11) is 0. The van der Waals surface area contributed by atoms with Crippen LogP contribution < -0.4 is 5.32 Å². The fourth-order valence-corrected chi connectivity index (χ4v) is 2.44. The molecule has 0 spiro atoms. The molecule has 0 atom stereocenters. The molecule has 2 aromatic heterocycles. The summed E-state index contributed by atoms with van der Waals surface area (Å²) in [5, 5.41) is 7.55. The van der Waals surface area contributed by atoms with Crippen LogP contribution in [0, 0.1) is 13.8 Å². The van der Waals surface area contributed by atoms with Crippen molar-refractivity contribution in [3.05, 3.63) is 29.8 Å². The van der Waals surface area contributed by atoms with Crippen LogP contribution in [0.25, 0.3) is 5.82 Å². The topological polar surface area (TPSA) is 75.9 Å². The van der Waals surface area contributed by atoms with E-state index in [0.29, 0.717) is 24.6 Å². The number of nitrogens with one attached hydrogen (secondary N) is 1. The van der Waals surface area contributed by atoms with Gasteiger partial charge in [0.2, 0.25) is 5.91 Å². The van der Waals surface area contributed by atoms with Crippen molar-refractivity contribution in [3.8, 4) is 5.82 Å². The Morgan fingerprint density at radius 1 is 1.26 bits per heavy atom. The summed E-state index contributed by atoms with van der Waals surface area (Å²) in [5.74, 6) is 1.45. The number of hydrogen-bond donors (Lipinski definition) is 1. The Morgan fingerprint density at radius 2 is 2.00 bits per heavy atom. The third-order valence-corrected chi connectivity index (χ3v) is 3.61. The van der Waals surface area contributed by atoms with Crippen LogP contribution in [-0.4, -0.2) is 50.2 Å². The van der Waals surface area contributed by atoms with Crippen LogP contribution in [0.2, 0.25) is 0 Å². The summed E-state index contributed by atoms with van der Waals surface area (Å²) in [6, 6.07) is 1.99. The van der Waals surface area contributed by atoms with E-state index in [1.54, 1.807) is 17.1 Å². The van der Waals surface area contributed by atoms with Crippen LogP contribution >= 0.6 is 0 Å². The van der Waals surface area contributed by atoms with Gasteiger partial charge in [-0.2, -0.15) is 5.10 Å². The number of hydrogen-bond acceptors (Lipinski definition) is 5. The van der Waals surface area contributed by atoms with Gasteiger partial charge in [0.15, 0.2) is 5.82 Å². The van der Waals surface area contributed by atoms with Crippen molar-refractivity contribution in [2.45, 2.75) is 34.1 Å². The number of anilines is 1.